The number of aromatic nitrogens is 4. The monoisotopic (exact) mass is 964 g/mol. The predicted molar refractivity (Wildman–Crippen MR) is 245 cm³/mol. The van der Waals surface area contributed by atoms with Gasteiger partial charge < -0.3 is 20.5 Å². The Bertz CT molecular complexity index is 2840. The lowest BCUT2D eigenvalue weighted by molar-refractivity contribution is -0.288. The van der Waals surface area contributed by atoms with Crippen LogP contribution in [0.25, 0.3) is 33.2 Å². The highest BCUT2D eigenvalue weighted by atomic mass is 19.4. The van der Waals surface area contributed by atoms with Crippen LogP contribution in [0.2, 0.25) is 0 Å². The van der Waals surface area contributed by atoms with E-state index in [4.69, 9.17) is 15.2 Å². The summed E-state index contributed by atoms with van der Waals surface area (Å²) in [5.41, 5.74) is 8.29. The van der Waals surface area contributed by atoms with Crippen molar-refractivity contribution < 1.29 is 49.4 Å². The van der Waals surface area contributed by atoms with Gasteiger partial charge in [0.05, 0.1) is 34.8 Å². The Morgan fingerprint density at radius 2 is 1.10 bits per heavy atom. The average Bonchev–Trinajstić information content (AvgIpc) is 3.85. The molecule has 69 heavy (non-hydrogen) atoms. The Kier molecular flexibility index (Phi) is 12.8. The Morgan fingerprint density at radius 1 is 0.681 bits per heavy atom. The Balaban J connectivity index is 0.000000172. The standard InChI is InChI=1S/C27H29F4N3O2.C25H27F4N3O/c1-17(35)32-16-25-10-11-26(36-2,27(29,30)31)14-20(25)5-3-4-18-13-24-19(12-23(18)25)15-33-34(24)22-8-6-21(28)7-9-22;1-33-24(25(27,28)29)10-9-23(15-30)18(13-24)4-2-3-16-12-22-17(11-21(16)23)14-31-32(22)20-7-5-19(26)6-8-20/h6-9,12-13,15,20H,3-5,10-11,14,16H2,1-2H3,(H,32,35);5-8,11-12,14,18H,2-4,9-10,13,15,30H2,1H3/t20-,25+,26-;18-,23+,24-/m11/s1. The van der Waals surface area contributed by atoms with E-state index in [9.17, 15) is 39.9 Å². The SMILES string of the molecule is CO[C@]1(C(F)(F)F)CC[C@@]2(CN)c3cc4cnn(-c5ccc(F)cc5)c4cc3CCC[C@@H]2C1.CO[C@]1(C(F)(F)F)CC[C@@]2(CNC(C)=O)c3cc4cnn(-c5ccc(F)cc5)c4cc3CCC[C@@H]2C1. The molecule has 4 aromatic carbocycles. The second kappa shape index (κ2) is 18.1. The van der Waals surface area contributed by atoms with E-state index in [1.54, 1.807) is 46.0 Å². The number of nitrogens with one attached hydrogen (secondary N) is 1. The molecule has 0 unspecified atom stereocenters. The fourth-order valence-corrected chi connectivity index (χ4v) is 12.5. The molecule has 0 radical (unpaired) electrons. The van der Waals surface area contributed by atoms with Crippen molar-refractivity contribution in [3.8, 4) is 11.4 Å². The van der Waals surface area contributed by atoms with Gasteiger partial charge in [-0.2, -0.15) is 36.5 Å². The molecule has 2 aromatic heterocycles. The summed E-state index contributed by atoms with van der Waals surface area (Å²) in [4.78, 5) is 11.9. The number of rotatable bonds is 7. The lowest BCUT2D eigenvalue weighted by Gasteiger charge is -2.51. The number of fused-ring (bicyclic) bond motifs is 8. The van der Waals surface area contributed by atoms with Crippen molar-refractivity contribution in [3.05, 3.63) is 119 Å². The van der Waals surface area contributed by atoms with Crippen LogP contribution in [0, 0.1) is 23.5 Å². The minimum atomic E-state index is -4.47. The minimum Gasteiger partial charge on any atom is -0.369 e. The second-order valence-corrected chi connectivity index (χ2v) is 19.6. The van der Waals surface area contributed by atoms with Crippen molar-refractivity contribution in [1.29, 1.82) is 0 Å². The molecule has 0 spiro atoms. The molecule has 10 rings (SSSR count). The summed E-state index contributed by atoms with van der Waals surface area (Å²) < 4.78 is 125. The summed E-state index contributed by atoms with van der Waals surface area (Å²) in [5, 5.41) is 13.7. The number of hydrogen-bond donors (Lipinski definition) is 2. The average molecular weight is 965 g/mol. The zero-order valence-corrected chi connectivity index (χ0v) is 38.8. The highest BCUT2D eigenvalue weighted by Gasteiger charge is 2.63. The molecule has 0 aliphatic heterocycles. The third kappa shape index (κ3) is 8.39. The van der Waals surface area contributed by atoms with Gasteiger partial charge in [-0.15, -0.1) is 0 Å². The first-order chi connectivity index (χ1) is 32.8. The maximum absolute atomic E-state index is 14.2. The van der Waals surface area contributed by atoms with Crippen LogP contribution in [0.5, 0.6) is 0 Å². The molecule has 3 N–H and O–H groups in total. The van der Waals surface area contributed by atoms with Crippen LogP contribution in [0.15, 0.2) is 85.2 Å². The van der Waals surface area contributed by atoms with Gasteiger partial charge in [-0.3, -0.25) is 4.79 Å². The fourth-order valence-electron chi connectivity index (χ4n) is 12.5. The number of alkyl halides is 6. The molecule has 2 fully saturated rings. The summed E-state index contributed by atoms with van der Waals surface area (Å²) in [5.74, 6) is -1.39. The fraction of sp³-hybridized carbons (Fsp3) is 0.481. The molecule has 4 aliphatic carbocycles. The van der Waals surface area contributed by atoms with Crippen molar-refractivity contribution >= 4 is 27.7 Å². The molecular weight excluding hydrogens is 909 g/mol. The van der Waals surface area contributed by atoms with Crippen LogP contribution in [-0.4, -0.2) is 76.3 Å². The molecule has 17 heteroatoms. The van der Waals surface area contributed by atoms with Gasteiger partial charge in [0.15, 0.2) is 11.2 Å². The zero-order valence-electron chi connectivity index (χ0n) is 38.8. The van der Waals surface area contributed by atoms with Crippen LogP contribution >= 0.6 is 0 Å². The van der Waals surface area contributed by atoms with Crippen LogP contribution in [0.1, 0.15) is 93.4 Å². The number of hydrogen-bond acceptors (Lipinski definition) is 6. The molecule has 6 atom stereocenters. The quantitative estimate of drug-likeness (QED) is 0.154. The Hall–Kier alpha value is -5.39. The largest absolute Gasteiger partial charge is 0.417 e. The number of amides is 1. The molecule has 2 saturated carbocycles. The maximum Gasteiger partial charge on any atom is 0.417 e. The molecule has 0 saturated heterocycles. The molecule has 0 bridgehead atoms. The van der Waals surface area contributed by atoms with Crippen molar-refractivity contribution in [2.45, 2.75) is 118 Å². The van der Waals surface area contributed by atoms with Crippen LogP contribution in [-0.2, 0) is 37.9 Å². The van der Waals surface area contributed by atoms with Crippen molar-refractivity contribution in [1.82, 2.24) is 24.9 Å². The van der Waals surface area contributed by atoms with E-state index in [0.717, 1.165) is 81.8 Å². The van der Waals surface area contributed by atoms with Gasteiger partial charge in [0.1, 0.15) is 11.6 Å². The van der Waals surface area contributed by atoms with Gasteiger partial charge in [-0.1, -0.05) is 0 Å². The van der Waals surface area contributed by atoms with Gasteiger partial charge in [0, 0.05) is 55.8 Å². The topological polar surface area (TPSA) is 109 Å². The van der Waals surface area contributed by atoms with Gasteiger partial charge in [0.2, 0.25) is 5.91 Å². The van der Waals surface area contributed by atoms with Gasteiger partial charge in [-0.25, -0.2) is 18.1 Å². The molecule has 2 heterocycles. The summed E-state index contributed by atoms with van der Waals surface area (Å²) >= 11 is 0. The van der Waals surface area contributed by atoms with E-state index < -0.39 is 34.4 Å². The third-order valence-electron chi connectivity index (χ3n) is 16.3. The first-order valence-electron chi connectivity index (χ1n) is 23.5. The molecule has 4 aliphatic rings. The molecule has 1 amide bonds. The lowest BCUT2D eigenvalue weighted by atomic mass is 9.57. The summed E-state index contributed by atoms with van der Waals surface area (Å²) in [6.07, 6.45) is -1.06. The van der Waals surface area contributed by atoms with E-state index in [1.165, 1.54) is 38.3 Å². The van der Waals surface area contributed by atoms with E-state index in [2.05, 4.69) is 33.7 Å². The van der Waals surface area contributed by atoms with Gasteiger partial charge >= 0.3 is 12.4 Å². The summed E-state index contributed by atoms with van der Waals surface area (Å²) in [6, 6.07) is 20.4. The second-order valence-electron chi connectivity index (χ2n) is 19.6. The lowest BCUT2D eigenvalue weighted by Crippen LogP contribution is -2.58. The highest BCUT2D eigenvalue weighted by Crippen LogP contribution is 2.58. The molecule has 6 aromatic rings. The molecule has 368 valence electrons. The first kappa shape index (κ1) is 48.6. The number of ether oxygens (including phenoxy) is 2. The number of nitrogens with zero attached hydrogens (tertiary/aromatic N) is 4. The summed E-state index contributed by atoms with van der Waals surface area (Å²) in [6.45, 7) is 1.99. The minimum absolute atomic E-state index is 0.0729. The summed E-state index contributed by atoms with van der Waals surface area (Å²) in [7, 11) is 2.31. The van der Waals surface area contributed by atoms with Crippen molar-refractivity contribution in [2.75, 3.05) is 27.3 Å². The van der Waals surface area contributed by atoms with E-state index >= 15 is 0 Å². The van der Waals surface area contributed by atoms with Crippen LogP contribution in [0.3, 0.4) is 0 Å². The van der Waals surface area contributed by atoms with Crippen LogP contribution in [0.4, 0.5) is 35.1 Å². The highest BCUT2D eigenvalue weighted by molar-refractivity contribution is 5.84. The van der Waals surface area contributed by atoms with E-state index in [-0.39, 0.29) is 68.0 Å². The zero-order chi connectivity index (χ0) is 49.1. The van der Waals surface area contributed by atoms with Crippen molar-refractivity contribution in [2.24, 2.45) is 17.6 Å². The number of carbonyl (C=O) groups is 1. The number of nitrogens with two attached hydrogens (primary N) is 1. The predicted octanol–water partition coefficient (Wildman–Crippen LogP) is 11.1. The number of carbonyl (C=O) groups excluding carboxylic acids is 1. The Morgan fingerprint density at radius 3 is 1.51 bits per heavy atom. The number of aryl methyl sites for hydroxylation is 2. The normalized spacial score (nSPS) is 27.0. The van der Waals surface area contributed by atoms with E-state index in [0.29, 0.717) is 32.2 Å². The first-order valence-corrected chi connectivity index (χ1v) is 23.5. The Labute approximate surface area is 394 Å². The van der Waals surface area contributed by atoms with Crippen molar-refractivity contribution in [3.63, 3.8) is 0 Å². The third-order valence-corrected chi connectivity index (χ3v) is 16.3. The van der Waals surface area contributed by atoms with E-state index in [1.807, 2.05) is 6.07 Å². The number of benzene rings is 4. The maximum atomic E-state index is 14.2. The van der Waals surface area contributed by atoms with Gasteiger partial charge in [-0.05, 0) is 184 Å². The van der Waals surface area contributed by atoms with Gasteiger partial charge in [0.25, 0.3) is 0 Å². The molecule has 9 nitrogen and oxygen atoms in total. The smallest absolute Gasteiger partial charge is 0.369 e. The number of halogens is 8. The molecular formula is C52H56F8N6O3. The number of methoxy groups -OCH3 is 2. The van der Waals surface area contributed by atoms with Crippen LogP contribution < -0.4 is 11.1 Å².